The van der Waals surface area contributed by atoms with E-state index in [0.29, 0.717) is 18.0 Å². The van der Waals surface area contributed by atoms with Crippen LogP contribution in [0.15, 0.2) is 35.8 Å². The summed E-state index contributed by atoms with van der Waals surface area (Å²) in [6, 6.07) is 9.51. The minimum atomic E-state index is 0.0129. The SMILES string of the molecule is N#Cc1cccnc1N1CCC(CNC(=O)c2cccs2)CC1. The second-order valence-electron chi connectivity index (χ2n) is 5.60. The van der Waals surface area contributed by atoms with Gasteiger partial charge in [-0.2, -0.15) is 5.26 Å². The van der Waals surface area contributed by atoms with Gasteiger partial charge in [0.15, 0.2) is 0 Å². The molecule has 1 amide bonds. The number of piperidine rings is 1. The van der Waals surface area contributed by atoms with Crippen molar-refractivity contribution in [2.45, 2.75) is 12.8 Å². The van der Waals surface area contributed by atoms with Crippen LogP contribution in [0, 0.1) is 17.2 Å². The van der Waals surface area contributed by atoms with Crippen LogP contribution in [0.5, 0.6) is 0 Å². The van der Waals surface area contributed by atoms with E-state index in [0.717, 1.165) is 36.6 Å². The Morgan fingerprint density at radius 2 is 2.22 bits per heavy atom. The third-order valence-corrected chi connectivity index (χ3v) is 4.99. The fourth-order valence-electron chi connectivity index (χ4n) is 2.82. The summed E-state index contributed by atoms with van der Waals surface area (Å²) in [4.78, 5) is 19.2. The largest absolute Gasteiger partial charge is 0.356 e. The number of pyridine rings is 1. The lowest BCUT2D eigenvalue weighted by molar-refractivity contribution is 0.0949. The number of rotatable bonds is 4. The molecule has 0 spiro atoms. The van der Waals surface area contributed by atoms with Crippen molar-refractivity contribution in [3.05, 3.63) is 46.3 Å². The zero-order valence-electron chi connectivity index (χ0n) is 12.7. The van der Waals surface area contributed by atoms with Gasteiger partial charge >= 0.3 is 0 Å². The Kier molecular flexibility index (Phi) is 4.89. The van der Waals surface area contributed by atoms with E-state index in [2.05, 4.69) is 21.3 Å². The molecule has 0 aliphatic carbocycles. The lowest BCUT2D eigenvalue weighted by Crippen LogP contribution is -2.39. The second kappa shape index (κ2) is 7.25. The van der Waals surface area contributed by atoms with Crippen molar-refractivity contribution in [1.29, 1.82) is 5.26 Å². The van der Waals surface area contributed by atoms with E-state index in [-0.39, 0.29) is 5.91 Å². The van der Waals surface area contributed by atoms with Crippen LogP contribution in [0.25, 0.3) is 0 Å². The number of carbonyl (C=O) groups is 1. The average molecular weight is 326 g/mol. The molecule has 118 valence electrons. The molecule has 0 radical (unpaired) electrons. The highest BCUT2D eigenvalue weighted by Gasteiger charge is 2.22. The summed E-state index contributed by atoms with van der Waals surface area (Å²) in [5.74, 6) is 1.26. The van der Waals surface area contributed by atoms with Gasteiger partial charge in [-0.05, 0) is 42.3 Å². The number of nitrogens with zero attached hydrogens (tertiary/aromatic N) is 3. The summed E-state index contributed by atoms with van der Waals surface area (Å²) in [5.41, 5.74) is 0.622. The van der Waals surface area contributed by atoms with E-state index in [1.807, 2.05) is 17.5 Å². The number of amides is 1. The van der Waals surface area contributed by atoms with Gasteiger partial charge in [0.05, 0.1) is 10.4 Å². The maximum atomic E-state index is 12.0. The summed E-state index contributed by atoms with van der Waals surface area (Å²) in [6.45, 7) is 2.44. The molecule has 6 heteroatoms. The predicted molar refractivity (Wildman–Crippen MR) is 90.5 cm³/mol. The quantitative estimate of drug-likeness (QED) is 0.938. The fraction of sp³-hybridized carbons (Fsp3) is 0.353. The van der Waals surface area contributed by atoms with Crippen molar-refractivity contribution in [1.82, 2.24) is 10.3 Å². The molecule has 1 aliphatic heterocycles. The molecule has 0 unspecified atom stereocenters. The molecule has 5 nitrogen and oxygen atoms in total. The standard InChI is InChI=1S/C17H18N4OS/c18-11-14-3-1-7-19-16(14)21-8-5-13(6-9-21)12-20-17(22)15-4-2-10-23-15/h1-4,7,10,13H,5-6,8-9,12H2,(H,20,22). The van der Waals surface area contributed by atoms with Gasteiger partial charge < -0.3 is 10.2 Å². The molecular formula is C17H18N4OS. The first-order valence-electron chi connectivity index (χ1n) is 7.69. The molecule has 0 bridgehead atoms. The molecule has 3 heterocycles. The number of nitriles is 1. The molecule has 2 aromatic heterocycles. The molecule has 3 rings (SSSR count). The Morgan fingerprint density at radius 1 is 1.39 bits per heavy atom. The molecule has 1 aliphatic rings. The van der Waals surface area contributed by atoms with Gasteiger partial charge in [-0.1, -0.05) is 6.07 Å². The minimum Gasteiger partial charge on any atom is -0.356 e. The van der Waals surface area contributed by atoms with E-state index < -0.39 is 0 Å². The minimum absolute atomic E-state index is 0.0129. The van der Waals surface area contributed by atoms with E-state index in [1.165, 1.54) is 11.3 Å². The molecular weight excluding hydrogens is 308 g/mol. The Morgan fingerprint density at radius 3 is 2.91 bits per heavy atom. The van der Waals surface area contributed by atoms with Crippen molar-refractivity contribution in [3.8, 4) is 6.07 Å². The number of carbonyl (C=O) groups excluding carboxylic acids is 1. The first-order chi connectivity index (χ1) is 11.3. The van der Waals surface area contributed by atoms with Gasteiger partial charge in [0.2, 0.25) is 0 Å². The first kappa shape index (κ1) is 15.5. The van der Waals surface area contributed by atoms with Gasteiger partial charge in [0.1, 0.15) is 11.9 Å². The van der Waals surface area contributed by atoms with Crippen molar-refractivity contribution in [3.63, 3.8) is 0 Å². The Hall–Kier alpha value is -2.39. The van der Waals surface area contributed by atoms with Crippen LogP contribution in [0.4, 0.5) is 5.82 Å². The van der Waals surface area contributed by atoms with Crippen LogP contribution in [-0.2, 0) is 0 Å². The number of nitrogens with one attached hydrogen (secondary N) is 1. The highest BCUT2D eigenvalue weighted by Crippen LogP contribution is 2.23. The second-order valence-corrected chi connectivity index (χ2v) is 6.55. The predicted octanol–water partition coefficient (Wildman–Crippen LogP) is 2.66. The van der Waals surface area contributed by atoms with Gasteiger partial charge in [0, 0.05) is 25.8 Å². The van der Waals surface area contributed by atoms with Crippen LogP contribution in [-0.4, -0.2) is 30.5 Å². The van der Waals surface area contributed by atoms with Gasteiger partial charge in [-0.25, -0.2) is 4.98 Å². The molecule has 0 atom stereocenters. The molecule has 23 heavy (non-hydrogen) atoms. The van der Waals surface area contributed by atoms with Crippen molar-refractivity contribution in [2.24, 2.45) is 5.92 Å². The van der Waals surface area contributed by atoms with Crippen LogP contribution in [0.1, 0.15) is 28.1 Å². The Bertz CT molecular complexity index is 700. The Labute approximate surface area is 139 Å². The fourth-order valence-corrected chi connectivity index (χ4v) is 3.46. The third kappa shape index (κ3) is 3.69. The van der Waals surface area contributed by atoms with Gasteiger partial charge in [0.25, 0.3) is 5.91 Å². The van der Waals surface area contributed by atoms with Crippen molar-refractivity contribution in [2.75, 3.05) is 24.5 Å². The monoisotopic (exact) mass is 326 g/mol. The normalized spacial score (nSPS) is 15.2. The first-order valence-corrected chi connectivity index (χ1v) is 8.57. The van der Waals surface area contributed by atoms with Gasteiger partial charge in [-0.3, -0.25) is 4.79 Å². The number of hydrogen-bond donors (Lipinski definition) is 1. The van der Waals surface area contributed by atoms with Crippen LogP contribution in [0.2, 0.25) is 0 Å². The third-order valence-electron chi connectivity index (χ3n) is 4.12. The lowest BCUT2D eigenvalue weighted by atomic mass is 9.96. The highest BCUT2D eigenvalue weighted by atomic mass is 32.1. The molecule has 0 saturated carbocycles. The summed E-state index contributed by atoms with van der Waals surface area (Å²) < 4.78 is 0. The van der Waals surface area contributed by atoms with Crippen LogP contribution < -0.4 is 10.2 Å². The summed E-state index contributed by atoms with van der Waals surface area (Å²) >= 11 is 1.46. The molecule has 1 N–H and O–H groups in total. The van der Waals surface area contributed by atoms with Crippen LogP contribution >= 0.6 is 11.3 Å². The molecule has 2 aromatic rings. The Balaban J connectivity index is 1.51. The maximum absolute atomic E-state index is 12.0. The number of hydrogen-bond acceptors (Lipinski definition) is 5. The van der Waals surface area contributed by atoms with Crippen LogP contribution in [0.3, 0.4) is 0 Å². The average Bonchev–Trinajstić information content (AvgIpc) is 3.15. The molecule has 1 saturated heterocycles. The molecule has 1 fully saturated rings. The zero-order chi connectivity index (χ0) is 16.1. The van der Waals surface area contributed by atoms with E-state index >= 15 is 0 Å². The smallest absolute Gasteiger partial charge is 0.261 e. The number of aromatic nitrogens is 1. The lowest BCUT2D eigenvalue weighted by Gasteiger charge is -2.33. The molecule has 0 aromatic carbocycles. The number of thiophene rings is 1. The number of anilines is 1. The van der Waals surface area contributed by atoms with E-state index in [4.69, 9.17) is 0 Å². The highest BCUT2D eigenvalue weighted by molar-refractivity contribution is 7.12. The summed E-state index contributed by atoms with van der Waals surface area (Å²) in [6.07, 6.45) is 3.71. The summed E-state index contributed by atoms with van der Waals surface area (Å²) in [5, 5.41) is 14.1. The van der Waals surface area contributed by atoms with Gasteiger partial charge in [-0.15, -0.1) is 11.3 Å². The topological polar surface area (TPSA) is 69.0 Å². The van der Waals surface area contributed by atoms with E-state index in [1.54, 1.807) is 18.3 Å². The van der Waals surface area contributed by atoms with E-state index in [9.17, 15) is 10.1 Å². The van der Waals surface area contributed by atoms with Crippen molar-refractivity contribution >= 4 is 23.1 Å². The summed E-state index contributed by atoms with van der Waals surface area (Å²) in [7, 11) is 0. The zero-order valence-corrected chi connectivity index (χ0v) is 13.6. The maximum Gasteiger partial charge on any atom is 0.261 e. The van der Waals surface area contributed by atoms with Crippen molar-refractivity contribution < 1.29 is 4.79 Å².